The van der Waals surface area contributed by atoms with Crippen LogP contribution in [-0.4, -0.2) is 18.0 Å². The minimum absolute atomic E-state index is 0.219. The van der Waals surface area contributed by atoms with E-state index in [-0.39, 0.29) is 5.91 Å². The Morgan fingerprint density at radius 1 is 1.07 bits per heavy atom. The van der Waals surface area contributed by atoms with E-state index in [0.717, 1.165) is 28.1 Å². The summed E-state index contributed by atoms with van der Waals surface area (Å²) < 4.78 is 10.9. The maximum Gasteiger partial charge on any atom is 0.248 e. The van der Waals surface area contributed by atoms with Gasteiger partial charge in [0.15, 0.2) is 0 Å². The molecule has 1 amide bonds. The number of nitrogens with zero attached hydrogens (tertiary/aromatic N) is 1. The molecular formula is C23H22N2O3. The number of methoxy groups -OCH3 is 1. The molecule has 0 aliphatic rings. The Morgan fingerprint density at radius 3 is 2.64 bits per heavy atom. The van der Waals surface area contributed by atoms with Crippen LogP contribution in [0.3, 0.4) is 0 Å². The Kier molecular flexibility index (Phi) is 6.41. The molecular weight excluding hydrogens is 352 g/mol. The third-order valence-corrected chi connectivity index (χ3v) is 4.10. The summed E-state index contributed by atoms with van der Waals surface area (Å²) >= 11 is 0. The number of amides is 1. The Hall–Kier alpha value is -3.60. The van der Waals surface area contributed by atoms with E-state index in [1.807, 2.05) is 55.5 Å². The van der Waals surface area contributed by atoms with E-state index in [1.54, 1.807) is 31.6 Å². The first-order valence-electron chi connectivity index (χ1n) is 8.89. The van der Waals surface area contributed by atoms with Gasteiger partial charge in [0.2, 0.25) is 5.91 Å². The molecule has 142 valence electrons. The van der Waals surface area contributed by atoms with Crippen LogP contribution < -0.4 is 14.8 Å². The standard InChI is InChI=1S/C23H22N2O3/c1-17-12-20(28-16-18-6-4-3-5-7-18)9-10-22(17)25-23(26)11-8-19-13-21(27-2)15-24-14-19/h3-15H,16H2,1-2H3,(H,25,26)/b11-8+. The molecule has 0 saturated carbocycles. The highest BCUT2D eigenvalue weighted by molar-refractivity contribution is 6.02. The molecule has 0 aliphatic heterocycles. The van der Waals surface area contributed by atoms with Crippen LogP contribution in [0.4, 0.5) is 5.69 Å². The van der Waals surface area contributed by atoms with E-state index in [0.29, 0.717) is 12.4 Å². The van der Waals surface area contributed by atoms with Gasteiger partial charge in [-0.1, -0.05) is 30.3 Å². The normalized spacial score (nSPS) is 10.6. The summed E-state index contributed by atoms with van der Waals surface area (Å²) in [6.45, 7) is 2.43. The molecule has 1 heterocycles. The first kappa shape index (κ1) is 19.2. The van der Waals surface area contributed by atoms with Crippen LogP contribution in [-0.2, 0) is 11.4 Å². The van der Waals surface area contributed by atoms with Crippen molar-refractivity contribution < 1.29 is 14.3 Å². The summed E-state index contributed by atoms with van der Waals surface area (Å²) in [5, 5.41) is 2.88. The van der Waals surface area contributed by atoms with Gasteiger partial charge in [0.1, 0.15) is 18.1 Å². The van der Waals surface area contributed by atoms with E-state index >= 15 is 0 Å². The first-order valence-corrected chi connectivity index (χ1v) is 8.89. The SMILES string of the molecule is COc1cncc(/C=C/C(=O)Nc2ccc(OCc3ccccc3)cc2C)c1. The molecule has 1 N–H and O–H groups in total. The van der Waals surface area contributed by atoms with Crippen LogP contribution in [0.15, 0.2) is 73.1 Å². The zero-order chi connectivity index (χ0) is 19.8. The average molecular weight is 374 g/mol. The average Bonchev–Trinajstić information content (AvgIpc) is 2.73. The summed E-state index contributed by atoms with van der Waals surface area (Å²) in [6.07, 6.45) is 6.44. The molecule has 0 spiro atoms. The van der Waals surface area contributed by atoms with E-state index < -0.39 is 0 Å². The molecule has 0 atom stereocenters. The highest BCUT2D eigenvalue weighted by Gasteiger charge is 2.04. The topological polar surface area (TPSA) is 60.5 Å². The lowest BCUT2D eigenvalue weighted by Gasteiger charge is -2.10. The Labute approximate surface area is 164 Å². The fourth-order valence-electron chi connectivity index (χ4n) is 2.59. The van der Waals surface area contributed by atoms with Gasteiger partial charge in [-0.3, -0.25) is 9.78 Å². The highest BCUT2D eigenvalue weighted by Crippen LogP contribution is 2.22. The largest absolute Gasteiger partial charge is 0.495 e. The van der Waals surface area contributed by atoms with Crippen molar-refractivity contribution in [1.82, 2.24) is 4.98 Å². The van der Waals surface area contributed by atoms with Gasteiger partial charge >= 0.3 is 0 Å². The van der Waals surface area contributed by atoms with Crippen molar-refractivity contribution in [3.63, 3.8) is 0 Å². The van der Waals surface area contributed by atoms with Gasteiger partial charge < -0.3 is 14.8 Å². The van der Waals surface area contributed by atoms with Crippen molar-refractivity contribution in [2.75, 3.05) is 12.4 Å². The number of anilines is 1. The van der Waals surface area contributed by atoms with Crippen molar-refractivity contribution in [2.45, 2.75) is 13.5 Å². The summed E-state index contributed by atoms with van der Waals surface area (Å²) in [5.74, 6) is 1.19. The molecule has 0 saturated heterocycles. The Bertz CT molecular complexity index is 969. The van der Waals surface area contributed by atoms with Crippen LogP contribution in [0, 0.1) is 6.92 Å². The third-order valence-electron chi connectivity index (χ3n) is 4.10. The van der Waals surface area contributed by atoms with Crippen LogP contribution in [0.1, 0.15) is 16.7 Å². The predicted octanol–water partition coefficient (Wildman–Crippen LogP) is 4.63. The summed E-state index contributed by atoms with van der Waals surface area (Å²) in [4.78, 5) is 16.3. The van der Waals surface area contributed by atoms with Crippen LogP contribution in [0.5, 0.6) is 11.5 Å². The number of rotatable bonds is 7. The van der Waals surface area contributed by atoms with Crippen molar-refractivity contribution >= 4 is 17.7 Å². The second-order valence-corrected chi connectivity index (χ2v) is 6.23. The lowest BCUT2D eigenvalue weighted by atomic mass is 10.2. The van der Waals surface area contributed by atoms with Crippen molar-refractivity contribution in [3.8, 4) is 11.5 Å². The molecule has 5 nitrogen and oxygen atoms in total. The smallest absolute Gasteiger partial charge is 0.248 e. The number of aromatic nitrogens is 1. The molecule has 0 unspecified atom stereocenters. The van der Waals surface area contributed by atoms with Gasteiger partial charge in [0, 0.05) is 18.0 Å². The second-order valence-electron chi connectivity index (χ2n) is 6.23. The van der Waals surface area contributed by atoms with Gasteiger partial charge in [0.05, 0.1) is 13.3 Å². The van der Waals surface area contributed by atoms with Crippen LogP contribution in [0.25, 0.3) is 6.08 Å². The van der Waals surface area contributed by atoms with Gasteiger partial charge in [-0.25, -0.2) is 0 Å². The van der Waals surface area contributed by atoms with Crippen molar-refractivity contribution in [1.29, 1.82) is 0 Å². The molecule has 28 heavy (non-hydrogen) atoms. The molecule has 3 aromatic rings. The lowest BCUT2D eigenvalue weighted by Crippen LogP contribution is -2.09. The van der Waals surface area contributed by atoms with E-state index in [1.165, 1.54) is 6.08 Å². The predicted molar refractivity (Wildman–Crippen MR) is 110 cm³/mol. The number of nitrogens with one attached hydrogen (secondary N) is 1. The molecule has 2 aromatic carbocycles. The number of pyridine rings is 1. The number of hydrogen-bond acceptors (Lipinski definition) is 4. The minimum atomic E-state index is -0.219. The first-order chi connectivity index (χ1) is 13.6. The third kappa shape index (κ3) is 5.45. The quantitative estimate of drug-likeness (QED) is 0.613. The number of carbonyl (C=O) groups is 1. The van der Waals surface area contributed by atoms with Crippen molar-refractivity contribution in [3.05, 3.63) is 89.8 Å². The second kappa shape index (κ2) is 9.37. The number of benzene rings is 2. The summed E-state index contributed by atoms with van der Waals surface area (Å²) in [7, 11) is 1.58. The van der Waals surface area contributed by atoms with Crippen LogP contribution >= 0.6 is 0 Å². The van der Waals surface area contributed by atoms with E-state index in [4.69, 9.17) is 9.47 Å². The molecule has 5 heteroatoms. The summed E-state index contributed by atoms with van der Waals surface area (Å²) in [6, 6.07) is 17.4. The number of hydrogen-bond donors (Lipinski definition) is 1. The highest BCUT2D eigenvalue weighted by atomic mass is 16.5. The lowest BCUT2D eigenvalue weighted by molar-refractivity contribution is -0.111. The maximum atomic E-state index is 12.2. The number of carbonyl (C=O) groups excluding carboxylic acids is 1. The Balaban J connectivity index is 1.59. The van der Waals surface area contributed by atoms with Crippen LogP contribution in [0.2, 0.25) is 0 Å². The molecule has 0 aliphatic carbocycles. The van der Waals surface area contributed by atoms with Gasteiger partial charge in [-0.2, -0.15) is 0 Å². The molecule has 0 radical (unpaired) electrons. The fourth-order valence-corrected chi connectivity index (χ4v) is 2.59. The zero-order valence-electron chi connectivity index (χ0n) is 15.9. The molecule has 1 aromatic heterocycles. The van der Waals surface area contributed by atoms with Gasteiger partial charge in [0.25, 0.3) is 0 Å². The van der Waals surface area contributed by atoms with Gasteiger partial charge in [-0.15, -0.1) is 0 Å². The van der Waals surface area contributed by atoms with E-state index in [2.05, 4.69) is 10.3 Å². The number of ether oxygens (including phenoxy) is 2. The molecule has 0 bridgehead atoms. The summed E-state index contributed by atoms with van der Waals surface area (Å²) in [5.41, 5.74) is 3.56. The van der Waals surface area contributed by atoms with Crippen molar-refractivity contribution in [2.24, 2.45) is 0 Å². The number of aryl methyl sites for hydroxylation is 1. The minimum Gasteiger partial charge on any atom is -0.495 e. The maximum absolute atomic E-state index is 12.2. The molecule has 0 fully saturated rings. The van der Waals surface area contributed by atoms with Gasteiger partial charge in [-0.05, 0) is 54.0 Å². The van der Waals surface area contributed by atoms with E-state index in [9.17, 15) is 4.79 Å². The zero-order valence-corrected chi connectivity index (χ0v) is 15.9. The fraction of sp³-hybridized carbons (Fsp3) is 0.130. The molecule has 3 rings (SSSR count). The Morgan fingerprint density at radius 2 is 1.89 bits per heavy atom. The monoisotopic (exact) mass is 374 g/mol.